The Balaban J connectivity index is 1.34. The summed E-state index contributed by atoms with van der Waals surface area (Å²) in [5.74, 6) is -0.441. The Bertz CT molecular complexity index is 1090. The average Bonchev–Trinajstić information content (AvgIpc) is 3.17. The second-order valence-corrected chi connectivity index (χ2v) is 7.40. The van der Waals surface area contributed by atoms with Crippen molar-refractivity contribution in [1.29, 1.82) is 0 Å². The molecule has 1 aliphatic rings. The number of carbonyl (C=O) groups is 1. The molecule has 162 valence electrons. The largest absolute Gasteiger partial charge is 0.496 e. The van der Waals surface area contributed by atoms with Gasteiger partial charge in [-0.25, -0.2) is 14.2 Å². The number of carboxylic acid groups (broad SMARTS) is 1. The standard InChI is InChI=1S/C22H23FN4O4/c1-2-30-13-15-11-17(3-6-24-15)31-16-4-7-27(8-5-16)12-20-25-19-10-14(22(28)29)9-18(23)21(19)26-20/h2-3,6,9-11,16H,1,4-5,7-8,12-13H2,(H,25,26)(H,28,29). The Morgan fingerprint density at radius 3 is 2.90 bits per heavy atom. The van der Waals surface area contributed by atoms with Gasteiger partial charge in [0.1, 0.15) is 29.8 Å². The third-order valence-electron chi connectivity index (χ3n) is 5.18. The predicted molar refractivity (Wildman–Crippen MR) is 111 cm³/mol. The molecule has 0 radical (unpaired) electrons. The third-order valence-corrected chi connectivity index (χ3v) is 5.18. The fourth-order valence-electron chi connectivity index (χ4n) is 3.67. The van der Waals surface area contributed by atoms with Crippen LogP contribution in [0.15, 0.2) is 43.3 Å². The predicted octanol–water partition coefficient (Wildman–Crippen LogP) is 3.50. The molecule has 1 aromatic carbocycles. The summed E-state index contributed by atoms with van der Waals surface area (Å²) in [5, 5.41) is 9.09. The number of aromatic carboxylic acids is 1. The minimum atomic E-state index is -1.17. The number of likely N-dealkylation sites (tertiary alicyclic amines) is 1. The number of hydrogen-bond donors (Lipinski definition) is 2. The van der Waals surface area contributed by atoms with Gasteiger partial charge in [-0.05, 0) is 31.0 Å². The molecule has 0 bridgehead atoms. The number of piperidine rings is 1. The summed E-state index contributed by atoms with van der Waals surface area (Å²) in [6.45, 7) is 6.02. The van der Waals surface area contributed by atoms with E-state index in [1.165, 1.54) is 12.3 Å². The number of pyridine rings is 1. The number of aromatic nitrogens is 3. The molecule has 0 amide bonds. The van der Waals surface area contributed by atoms with Crippen LogP contribution in [0.1, 0.15) is 34.7 Å². The Labute approximate surface area is 178 Å². The lowest BCUT2D eigenvalue weighted by atomic mass is 10.1. The maximum atomic E-state index is 14.2. The fraction of sp³-hybridized carbons (Fsp3) is 0.318. The number of benzene rings is 1. The lowest BCUT2D eigenvalue weighted by molar-refractivity contribution is 0.0696. The minimum absolute atomic E-state index is 0.0954. The molecule has 1 aliphatic heterocycles. The first-order chi connectivity index (χ1) is 15.0. The zero-order chi connectivity index (χ0) is 21.8. The van der Waals surface area contributed by atoms with Crippen LogP contribution < -0.4 is 4.74 Å². The maximum absolute atomic E-state index is 14.2. The minimum Gasteiger partial charge on any atom is -0.496 e. The number of halogens is 1. The van der Waals surface area contributed by atoms with Gasteiger partial charge in [0.2, 0.25) is 0 Å². The average molecular weight is 426 g/mol. The van der Waals surface area contributed by atoms with Gasteiger partial charge in [0.25, 0.3) is 0 Å². The Morgan fingerprint density at radius 2 is 2.16 bits per heavy atom. The molecule has 3 heterocycles. The summed E-state index contributed by atoms with van der Waals surface area (Å²) in [6.07, 6.45) is 4.87. The van der Waals surface area contributed by atoms with Gasteiger partial charge in [0.05, 0.1) is 29.6 Å². The van der Waals surface area contributed by atoms with Crippen LogP contribution in [0.25, 0.3) is 11.0 Å². The van der Waals surface area contributed by atoms with Crippen molar-refractivity contribution in [1.82, 2.24) is 19.9 Å². The molecule has 9 heteroatoms. The first kappa shape index (κ1) is 20.8. The van der Waals surface area contributed by atoms with Crippen LogP contribution in [0.4, 0.5) is 4.39 Å². The van der Waals surface area contributed by atoms with Crippen LogP contribution in [-0.2, 0) is 17.9 Å². The van der Waals surface area contributed by atoms with Crippen molar-refractivity contribution in [3.05, 3.63) is 66.2 Å². The topological polar surface area (TPSA) is 101 Å². The number of H-pyrrole nitrogens is 1. The molecule has 1 fully saturated rings. The zero-order valence-electron chi connectivity index (χ0n) is 16.9. The highest BCUT2D eigenvalue weighted by atomic mass is 19.1. The van der Waals surface area contributed by atoms with Gasteiger partial charge in [-0.2, -0.15) is 0 Å². The molecule has 8 nitrogen and oxygen atoms in total. The van der Waals surface area contributed by atoms with Crippen LogP contribution >= 0.6 is 0 Å². The number of rotatable bonds is 8. The van der Waals surface area contributed by atoms with Gasteiger partial charge in [-0.3, -0.25) is 9.88 Å². The summed E-state index contributed by atoms with van der Waals surface area (Å²) in [4.78, 5) is 24.9. The lowest BCUT2D eigenvalue weighted by Crippen LogP contribution is -2.38. The lowest BCUT2D eigenvalue weighted by Gasteiger charge is -2.31. The van der Waals surface area contributed by atoms with Crippen LogP contribution in [-0.4, -0.2) is 50.1 Å². The molecule has 31 heavy (non-hydrogen) atoms. The molecule has 3 aromatic rings. The van der Waals surface area contributed by atoms with E-state index in [0.717, 1.165) is 43.4 Å². The van der Waals surface area contributed by atoms with Crippen molar-refractivity contribution in [2.24, 2.45) is 0 Å². The van der Waals surface area contributed by atoms with Crippen LogP contribution in [0.5, 0.6) is 5.75 Å². The highest BCUT2D eigenvalue weighted by Crippen LogP contribution is 2.22. The summed E-state index contributed by atoms with van der Waals surface area (Å²) in [6, 6.07) is 6.09. The van der Waals surface area contributed by atoms with E-state index < -0.39 is 11.8 Å². The Kier molecular flexibility index (Phi) is 6.13. The van der Waals surface area contributed by atoms with E-state index >= 15 is 0 Å². The molecule has 0 saturated carbocycles. The van der Waals surface area contributed by atoms with Gasteiger partial charge in [0, 0.05) is 25.4 Å². The first-order valence-electron chi connectivity index (χ1n) is 9.99. The van der Waals surface area contributed by atoms with E-state index in [9.17, 15) is 9.18 Å². The summed E-state index contributed by atoms with van der Waals surface area (Å²) >= 11 is 0. The quantitative estimate of drug-likeness (QED) is 0.532. The molecule has 4 rings (SSSR count). The first-order valence-corrected chi connectivity index (χ1v) is 9.99. The van der Waals surface area contributed by atoms with E-state index in [4.69, 9.17) is 14.6 Å². The van der Waals surface area contributed by atoms with Crippen molar-refractivity contribution in [3.63, 3.8) is 0 Å². The summed E-state index contributed by atoms with van der Waals surface area (Å²) < 4.78 is 25.4. The number of carboxylic acids is 1. The van der Waals surface area contributed by atoms with E-state index in [-0.39, 0.29) is 17.2 Å². The van der Waals surface area contributed by atoms with Crippen LogP contribution in [0, 0.1) is 5.82 Å². The number of nitrogens with one attached hydrogen (secondary N) is 1. The van der Waals surface area contributed by atoms with Gasteiger partial charge in [-0.1, -0.05) is 6.58 Å². The molecule has 2 N–H and O–H groups in total. The van der Waals surface area contributed by atoms with E-state index in [1.807, 2.05) is 12.1 Å². The SMILES string of the molecule is C=COCc1cc(OC2CCN(Cc3nc4c(F)cc(C(=O)O)cc4[nH]3)CC2)ccn1. The normalized spacial score (nSPS) is 15.1. The van der Waals surface area contributed by atoms with Crippen molar-refractivity contribution in [3.8, 4) is 5.75 Å². The van der Waals surface area contributed by atoms with Crippen molar-refractivity contribution in [2.75, 3.05) is 13.1 Å². The highest BCUT2D eigenvalue weighted by Gasteiger charge is 2.22. The second-order valence-electron chi connectivity index (χ2n) is 7.40. The van der Waals surface area contributed by atoms with E-state index in [1.54, 1.807) is 6.20 Å². The fourth-order valence-corrected chi connectivity index (χ4v) is 3.67. The van der Waals surface area contributed by atoms with Crippen LogP contribution in [0.3, 0.4) is 0 Å². The van der Waals surface area contributed by atoms with Crippen LogP contribution in [0.2, 0.25) is 0 Å². The Hall–Kier alpha value is -3.46. The summed E-state index contributed by atoms with van der Waals surface area (Å²) in [7, 11) is 0. The van der Waals surface area contributed by atoms with E-state index in [2.05, 4.69) is 26.4 Å². The van der Waals surface area contributed by atoms with Crippen molar-refractivity contribution >= 4 is 17.0 Å². The second kappa shape index (κ2) is 9.13. The molecule has 0 aliphatic carbocycles. The molecule has 2 aromatic heterocycles. The van der Waals surface area contributed by atoms with Crippen molar-refractivity contribution in [2.45, 2.75) is 32.1 Å². The number of ether oxygens (including phenoxy) is 2. The van der Waals surface area contributed by atoms with Gasteiger partial charge in [-0.15, -0.1) is 0 Å². The Morgan fingerprint density at radius 1 is 1.35 bits per heavy atom. The number of imidazole rings is 1. The maximum Gasteiger partial charge on any atom is 0.335 e. The number of aromatic amines is 1. The van der Waals surface area contributed by atoms with Gasteiger partial charge < -0.3 is 19.6 Å². The van der Waals surface area contributed by atoms with Gasteiger partial charge >= 0.3 is 5.97 Å². The van der Waals surface area contributed by atoms with E-state index in [0.29, 0.717) is 24.5 Å². The van der Waals surface area contributed by atoms with Gasteiger partial charge in [0.15, 0.2) is 5.82 Å². The third kappa shape index (κ3) is 5.00. The zero-order valence-corrected chi connectivity index (χ0v) is 16.9. The molecule has 0 unspecified atom stereocenters. The molecule has 1 saturated heterocycles. The molecular weight excluding hydrogens is 403 g/mol. The highest BCUT2D eigenvalue weighted by molar-refractivity contribution is 5.92. The molecular formula is C22H23FN4O4. The molecule has 0 spiro atoms. The number of nitrogens with zero attached hydrogens (tertiary/aromatic N) is 3. The number of fused-ring (bicyclic) bond motifs is 1. The van der Waals surface area contributed by atoms with Crippen molar-refractivity contribution < 1.29 is 23.8 Å². The molecule has 0 atom stereocenters. The number of hydrogen-bond acceptors (Lipinski definition) is 6. The smallest absolute Gasteiger partial charge is 0.335 e. The monoisotopic (exact) mass is 426 g/mol. The summed E-state index contributed by atoms with van der Waals surface area (Å²) in [5.41, 5.74) is 1.22.